The molecule has 2 unspecified atom stereocenters. The number of hydrogen-bond donors (Lipinski definition) is 1. The Morgan fingerprint density at radius 3 is 2.74 bits per heavy atom. The minimum Gasteiger partial charge on any atom is -0.356 e. The molecule has 0 radical (unpaired) electrons. The van der Waals surface area contributed by atoms with E-state index in [1.54, 1.807) is 0 Å². The first-order valence-electron chi connectivity index (χ1n) is 6.30. The standard InChI is InChI=1S/C12H17ClN2O3S/c1-3-9-5-4-8(2)15(9)12(16)11-6-10(7-14-11)19(13,17)18/h6-9,14H,3-5H2,1-2H3. The Morgan fingerprint density at radius 2 is 2.21 bits per heavy atom. The van der Waals surface area contributed by atoms with Crippen LogP contribution >= 0.6 is 10.7 Å². The van der Waals surface area contributed by atoms with Gasteiger partial charge in [0.1, 0.15) is 10.6 Å². The van der Waals surface area contributed by atoms with Gasteiger partial charge in [-0.1, -0.05) is 6.92 Å². The number of hydrogen-bond acceptors (Lipinski definition) is 3. The molecule has 106 valence electrons. The lowest BCUT2D eigenvalue weighted by molar-refractivity contribution is 0.0671. The number of carbonyl (C=O) groups is 1. The number of nitrogens with zero attached hydrogens (tertiary/aromatic N) is 1. The summed E-state index contributed by atoms with van der Waals surface area (Å²) in [6.07, 6.45) is 4.12. The Morgan fingerprint density at radius 1 is 1.53 bits per heavy atom. The number of aromatic amines is 1. The average molecular weight is 305 g/mol. The van der Waals surface area contributed by atoms with Crippen molar-refractivity contribution in [2.45, 2.75) is 50.1 Å². The summed E-state index contributed by atoms with van der Waals surface area (Å²) in [5, 5.41) is 0. The fraction of sp³-hybridized carbons (Fsp3) is 0.583. The van der Waals surface area contributed by atoms with Gasteiger partial charge in [-0.05, 0) is 32.3 Å². The molecule has 1 aliphatic heterocycles. The highest BCUT2D eigenvalue weighted by Gasteiger charge is 2.34. The summed E-state index contributed by atoms with van der Waals surface area (Å²) in [7, 11) is 1.45. The van der Waals surface area contributed by atoms with Gasteiger partial charge in [-0.25, -0.2) is 8.42 Å². The second-order valence-electron chi connectivity index (χ2n) is 4.89. The first-order valence-corrected chi connectivity index (χ1v) is 8.61. The molecule has 0 aromatic carbocycles. The SMILES string of the molecule is CCC1CCC(C)N1C(=O)c1cc(S(=O)(=O)Cl)c[nH]1. The molecule has 1 aliphatic rings. The zero-order valence-electron chi connectivity index (χ0n) is 10.9. The van der Waals surface area contributed by atoms with Crippen LogP contribution in [0, 0.1) is 0 Å². The Labute approximate surface area is 117 Å². The Bertz CT molecular complexity index is 582. The highest BCUT2D eigenvalue weighted by atomic mass is 35.7. The first kappa shape index (κ1) is 14.4. The topological polar surface area (TPSA) is 70.2 Å². The van der Waals surface area contributed by atoms with Crippen molar-refractivity contribution < 1.29 is 13.2 Å². The van der Waals surface area contributed by atoms with Gasteiger partial charge in [-0.15, -0.1) is 0 Å². The molecule has 5 nitrogen and oxygen atoms in total. The van der Waals surface area contributed by atoms with Crippen LogP contribution in [0.25, 0.3) is 0 Å². The van der Waals surface area contributed by atoms with Crippen LogP contribution in [0.4, 0.5) is 0 Å². The monoisotopic (exact) mass is 304 g/mol. The van der Waals surface area contributed by atoms with Crippen LogP contribution in [0.15, 0.2) is 17.2 Å². The lowest BCUT2D eigenvalue weighted by Crippen LogP contribution is -2.39. The van der Waals surface area contributed by atoms with Gasteiger partial charge in [0, 0.05) is 29.0 Å². The third kappa shape index (κ3) is 2.79. The second-order valence-corrected chi connectivity index (χ2v) is 7.45. The third-order valence-corrected chi connectivity index (χ3v) is 4.99. The summed E-state index contributed by atoms with van der Waals surface area (Å²) in [6, 6.07) is 1.70. The van der Waals surface area contributed by atoms with Crippen molar-refractivity contribution in [2.75, 3.05) is 0 Å². The van der Waals surface area contributed by atoms with Gasteiger partial charge in [0.05, 0.1) is 0 Å². The van der Waals surface area contributed by atoms with Crippen LogP contribution in [0.1, 0.15) is 43.6 Å². The van der Waals surface area contributed by atoms with Gasteiger partial charge in [0.2, 0.25) is 0 Å². The molecule has 2 rings (SSSR count). The molecule has 1 aromatic rings. The number of nitrogens with one attached hydrogen (secondary N) is 1. The molecule has 0 spiro atoms. The average Bonchev–Trinajstić information content (AvgIpc) is 2.93. The molecule has 0 bridgehead atoms. The van der Waals surface area contributed by atoms with Crippen molar-refractivity contribution in [3.63, 3.8) is 0 Å². The van der Waals surface area contributed by atoms with Crippen LogP contribution in [-0.2, 0) is 9.05 Å². The molecule has 1 amide bonds. The predicted molar refractivity (Wildman–Crippen MR) is 72.8 cm³/mol. The van der Waals surface area contributed by atoms with Crippen molar-refractivity contribution >= 4 is 25.6 Å². The fourth-order valence-corrected chi connectivity index (χ4v) is 3.34. The highest BCUT2D eigenvalue weighted by molar-refractivity contribution is 8.13. The zero-order chi connectivity index (χ0) is 14.2. The first-order chi connectivity index (χ1) is 8.84. The van der Waals surface area contributed by atoms with E-state index in [4.69, 9.17) is 10.7 Å². The van der Waals surface area contributed by atoms with E-state index < -0.39 is 9.05 Å². The Kier molecular flexibility index (Phi) is 3.92. The molecule has 1 aromatic heterocycles. The van der Waals surface area contributed by atoms with E-state index in [2.05, 4.69) is 4.98 Å². The lowest BCUT2D eigenvalue weighted by Gasteiger charge is -2.27. The van der Waals surface area contributed by atoms with E-state index in [1.807, 2.05) is 18.7 Å². The highest BCUT2D eigenvalue weighted by Crippen LogP contribution is 2.28. The summed E-state index contributed by atoms with van der Waals surface area (Å²) >= 11 is 0. The smallest absolute Gasteiger partial charge is 0.270 e. The number of likely N-dealkylation sites (tertiary alicyclic amines) is 1. The van der Waals surface area contributed by atoms with Gasteiger partial charge in [-0.2, -0.15) is 0 Å². The Hall–Kier alpha value is -1.01. The van der Waals surface area contributed by atoms with Crippen molar-refractivity contribution in [2.24, 2.45) is 0 Å². The number of amides is 1. The van der Waals surface area contributed by atoms with Crippen LogP contribution in [-0.4, -0.2) is 36.3 Å². The van der Waals surface area contributed by atoms with Crippen molar-refractivity contribution in [3.05, 3.63) is 18.0 Å². The molecule has 7 heteroatoms. The minimum absolute atomic E-state index is 0.0718. The minimum atomic E-state index is -3.80. The maximum absolute atomic E-state index is 12.4. The van der Waals surface area contributed by atoms with Crippen molar-refractivity contribution in [1.29, 1.82) is 0 Å². The second kappa shape index (κ2) is 5.17. The zero-order valence-corrected chi connectivity index (χ0v) is 12.5. The van der Waals surface area contributed by atoms with E-state index in [0.29, 0.717) is 0 Å². The van der Waals surface area contributed by atoms with Crippen molar-refractivity contribution in [1.82, 2.24) is 9.88 Å². The summed E-state index contributed by atoms with van der Waals surface area (Å²) in [5.74, 6) is -0.164. The fourth-order valence-electron chi connectivity index (χ4n) is 2.62. The molecule has 19 heavy (non-hydrogen) atoms. The van der Waals surface area contributed by atoms with Gasteiger partial charge in [0.25, 0.3) is 15.0 Å². The van der Waals surface area contributed by atoms with E-state index in [-0.39, 0.29) is 28.6 Å². The van der Waals surface area contributed by atoms with E-state index >= 15 is 0 Å². The van der Waals surface area contributed by atoms with E-state index in [1.165, 1.54) is 12.3 Å². The Balaban J connectivity index is 2.27. The molecule has 1 saturated heterocycles. The van der Waals surface area contributed by atoms with E-state index in [0.717, 1.165) is 19.3 Å². The van der Waals surface area contributed by atoms with Crippen LogP contribution in [0.3, 0.4) is 0 Å². The lowest BCUT2D eigenvalue weighted by atomic mass is 10.1. The normalized spacial score (nSPS) is 23.8. The molecule has 2 atom stereocenters. The number of halogens is 1. The molecule has 0 aliphatic carbocycles. The van der Waals surface area contributed by atoms with Gasteiger partial charge in [0.15, 0.2) is 0 Å². The quantitative estimate of drug-likeness (QED) is 0.871. The molecule has 1 N–H and O–H groups in total. The van der Waals surface area contributed by atoms with Gasteiger partial charge >= 0.3 is 0 Å². The maximum Gasteiger partial charge on any atom is 0.270 e. The summed E-state index contributed by atoms with van der Waals surface area (Å²) < 4.78 is 22.4. The van der Waals surface area contributed by atoms with E-state index in [9.17, 15) is 13.2 Å². The predicted octanol–water partition coefficient (Wildman–Crippen LogP) is 2.35. The number of rotatable bonds is 3. The number of H-pyrrole nitrogens is 1. The van der Waals surface area contributed by atoms with Gasteiger partial charge < -0.3 is 9.88 Å². The molecule has 1 fully saturated rings. The largest absolute Gasteiger partial charge is 0.356 e. The van der Waals surface area contributed by atoms with Crippen LogP contribution < -0.4 is 0 Å². The van der Waals surface area contributed by atoms with Crippen LogP contribution in [0.5, 0.6) is 0 Å². The molecule has 0 saturated carbocycles. The summed E-state index contributed by atoms with van der Waals surface area (Å²) in [5.41, 5.74) is 0.270. The van der Waals surface area contributed by atoms with Gasteiger partial charge in [-0.3, -0.25) is 4.79 Å². The molecular weight excluding hydrogens is 288 g/mol. The number of carbonyl (C=O) groups excluding carboxylic acids is 1. The van der Waals surface area contributed by atoms with Crippen molar-refractivity contribution in [3.8, 4) is 0 Å². The third-order valence-electron chi connectivity index (χ3n) is 3.66. The maximum atomic E-state index is 12.4. The molecular formula is C12H17ClN2O3S. The number of aromatic nitrogens is 1. The molecule has 2 heterocycles. The van der Waals surface area contributed by atoms with Crippen LogP contribution in [0.2, 0.25) is 0 Å². The summed E-state index contributed by atoms with van der Waals surface area (Å²) in [6.45, 7) is 4.06. The summed E-state index contributed by atoms with van der Waals surface area (Å²) in [4.78, 5) is 16.9.